The molecule has 1 aliphatic heterocycles. The van der Waals surface area contributed by atoms with Crippen molar-refractivity contribution in [3.8, 4) is 0 Å². The van der Waals surface area contributed by atoms with Gasteiger partial charge in [-0.3, -0.25) is 14.7 Å². The van der Waals surface area contributed by atoms with Crippen molar-refractivity contribution in [1.29, 1.82) is 0 Å². The van der Waals surface area contributed by atoms with Gasteiger partial charge in [-0.25, -0.2) is 0 Å². The molecule has 4 nitrogen and oxygen atoms in total. The van der Waals surface area contributed by atoms with Crippen LogP contribution in [0, 0.1) is 5.92 Å². The number of benzene rings is 1. The van der Waals surface area contributed by atoms with Crippen molar-refractivity contribution in [2.45, 2.75) is 32.2 Å². The molecular weight excluding hydrogens is 310 g/mol. The maximum atomic E-state index is 12.7. The Kier molecular flexibility index (Phi) is 5.49. The van der Waals surface area contributed by atoms with E-state index >= 15 is 0 Å². The minimum Gasteiger partial charge on any atom is -0.355 e. The molecule has 0 radical (unpaired) electrons. The Labute approximate surface area is 150 Å². The first-order chi connectivity index (χ1) is 12.1. The number of rotatable bonds is 6. The van der Waals surface area contributed by atoms with Gasteiger partial charge < -0.3 is 5.32 Å². The Morgan fingerprint density at radius 1 is 1.20 bits per heavy atom. The first kappa shape index (κ1) is 17.6. The van der Waals surface area contributed by atoms with E-state index in [1.807, 2.05) is 62.5 Å². The zero-order valence-electron chi connectivity index (χ0n) is 15.1. The predicted molar refractivity (Wildman–Crippen MR) is 100 cm³/mol. The van der Waals surface area contributed by atoms with Crippen molar-refractivity contribution >= 4 is 5.91 Å². The van der Waals surface area contributed by atoms with Crippen molar-refractivity contribution in [3.63, 3.8) is 0 Å². The molecule has 1 aromatic heterocycles. The van der Waals surface area contributed by atoms with Crippen LogP contribution in [0.4, 0.5) is 0 Å². The fourth-order valence-electron chi connectivity index (χ4n) is 3.39. The minimum absolute atomic E-state index is 0.0990. The summed E-state index contributed by atoms with van der Waals surface area (Å²) >= 11 is 0. The Bertz CT molecular complexity index is 685. The molecule has 0 unspecified atom stereocenters. The molecule has 0 bridgehead atoms. The molecule has 1 saturated heterocycles. The van der Waals surface area contributed by atoms with E-state index in [1.165, 1.54) is 0 Å². The summed E-state index contributed by atoms with van der Waals surface area (Å²) in [5, 5.41) is 3.17. The van der Waals surface area contributed by atoms with Gasteiger partial charge in [-0.1, -0.05) is 36.4 Å². The maximum Gasteiger partial charge on any atom is 0.230 e. The van der Waals surface area contributed by atoms with Gasteiger partial charge in [-0.05, 0) is 50.4 Å². The van der Waals surface area contributed by atoms with Crippen molar-refractivity contribution < 1.29 is 4.79 Å². The maximum absolute atomic E-state index is 12.7. The quantitative estimate of drug-likeness (QED) is 0.881. The molecule has 0 aliphatic carbocycles. The number of aromatic nitrogens is 1. The fraction of sp³-hybridized carbons (Fsp3) is 0.429. The van der Waals surface area contributed by atoms with Crippen molar-refractivity contribution in [1.82, 2.24) is 15.2 Å². The first-order valence-corrected chi connectivity index (χ1v) is 9.02. The number of nitrogens with one attached hydrogen (secondary N) is 1. The Balaban J connectivity index is 1.48. The second-order valence-electron chi connectivity index (χ2n) is 7.41. The lowest BCUT2D eigenvalue weighted by molar-refractivity contribution is -0.125. The van der Waals surface area contributed by atoms with Crippen LogP contribution < -0.4 is 5.32 Å². The summed E-state index contributed by atoms with van der Waals surface area (Å²) in [5.74, 6) is 0.612. The van der Waals surface area contributed by atoms with Gasteiger partial charge >= 0.3 is 0 Å². The molecule has 1 aromatic carbocycles. The van der Waals surface area contributed by atoms with E-state index in [0.29, 0.717) is 5.92 Å². The highest BCUT2D eigenvalue weighted by Crippen LogP contribution is 2.23. The van der Waals surface area contributed by atoms with Crippen LogP contribution in [0.3, 0.4) is 0 Å². The van der Waals surface area contributed by atoms with Gasteiger partial charge in [0, 0.05) is 25.8 Å². The highest BCUT2D eigenvalue weighted by Gasteiger charge is 2.30. The molecule has 4 heteroatoms. The monoisotopic (exact) mass is 337 g/mol. The number of hydrogen-bond acceptors (Lipinski definition) is 3. The molecule has 1 atom stereocenters. The number of carbonyl (C=O) groups is 1. The molecule has 132 valence electrons. The first-order valence-electron chi connectivity index (χ1n) is 9.02. The van der Waals surface area contributed by atoms with Gasteiger partial charge in [0.1, 0.15) is 0 Å². The van der Waals surface area contributed by atoms with Gasteiger partial charge in [0.15, 0.2) is 0 Å². The van der Waals surface area contributed by atoms with Crippen molar-refractivity contribution in [2.75, 3.05) is 19.6 Å². The second-order valence-corrected chi connectivity index (χ2v) is 7.41. The second kappa shape index (κ2) is 7.79. The van der Waals surface area contributed by atoms with E-state index in [4.69, 9.17) is 0 Å². The normalized spacial score (nSPS) is 18.2. The molecule has 0 saturated carbocycles. The molecule has 0 spiro atoms. The van der Waals surface area contributed by atoms with Crippen LogP contribution in [0.2, 0.25) is 0 Å². The number of pyridine rings is 1. The Morgan fingerprint density at radius 3 is 2.68 bits per heavy atom. The third-order valence-corrected chi connectivity index (χ3v) is 5.10. The van der Waals surface area contributed by atoms with Gasteiger partial charge in [0.25, 0.3) is 0 Å². The van der Waals surface area contributed by atoms with Crippen molar-refractivity contribution in [2.24, 2.45) is 5.92 Å². The van der Waals surface area contributed by atoms with E-state index in [2.05, 4.69) is 21.3 Å². The van der Waals surface area contributed by atoms with Crippen LogP contribution >= 0.6 is 0 Å². The Hall–Kier alpha value is -2.20. The van der Waals surface area contributed by atoms with Crippen molar-refractivity contribution in [3.05, 3.63) is 66.0 Å². The zero-order chi connectivity index (χ0) is 17.7. The summed E-state index contributed by atoms with van der Waals surface area (Å²) in [6, 6.07) is 16.0. The molecule has 3 rings (SSSR count). The predicted octanol–water partition coefficient (Wildman–Crippen LogP) is 3.00. The smallest absolute Gasteiger partial charge is 0.230 e. The molecule has 1 amide bonds. The number of likely N-dealkylation sites (tertiary alicyclic amines) is 1. The van der Waals surface area contributed by atoms with E-state index in [9.17, 15) is 4.79 Å². The van der Waals surface area contributed by atoms with E-state index in [1.54, 1.807) is 0 Å². The minimum atomic E-state index is -0.506. The standard InChI is InChI=1S/C21H27N3O/c1-21(2,18-8-4-3-5-9-18)20(25)23-14-17-11-13-24(15-17)16-19-10-6-7-12-22-19/h3-10,12,17H,11,13-16H2,1-2H3,(H,23,25)/t17-/m0/s1. The van der Waals surface area contributed by atoms with Gasteiger partial charge in [0.05, 0.1) is 11.1 Å². The molecule has 25 heavy (non-hydrogen) atoms. The number of nitrogens with zero attached hydrogens (tertiary/aromatic N) is 2. The summed E-state index contributed by atoms with van der Waals surface area (Å²) in [7, 11) is 0. The van der Waals surface area contributed by atoms with Gasteiger partial charge in [-0.15, -0.1) is 0 Å². The lowest BCUT2D eigenvalue weighted by Gasteiger charge is -2.25. The summed E-state index contributed by atoms with van der Waals surface area (Å²) < 4.78 is 0. The SMILES string of the molecule is CC(C)(C(=O)NC[C@@H]1CCN(Cc2ccccn2)C1)c1ccccc1. The van der Waals surface area contributed by atoms with E-state index in [-0.39, 0.29) is 5.91 Å². The van der Waals surface area contributed by atoms with Gasteiger partial charge in [0.2, 0.25) is 5.91 Å². The molecule has 2 heterocycles. The average molecular weight is 337 g/mol. The zero-order valence-corrected chi connectivity index (χ0v) is 15.1. The molecule has 1 aliphatic rings. The largest absolute Gasteiger partial charge is 0.355 e. The summed E-state index contributed by atoms with van der Waals surface area (Å²) in [6.45, 7) is 7.69. The van der Waals surface area contributed by atoms with Crippen LogP contribution in [-0.2, 0) is 16.8 Å². The lowest BCUT2D eigenvalue weighted by Crippen LogP contribution is -2.42. The summed E-state index contributed by atoms with van der Waals surface area (Å²) in [6.07, 6.45) is 2.97. The van der Waals surface area contributed by atoms with Crippen LogP contribution in [-0.4, -0.2) is 35.4 Å². The van der Waals surface area contributed by atoms with Crippen LogP contribution in [0.25, 0.3) is 0 Å². The third-order valence-electron chi connectivity index (χ3n) is 5.10. The lowest BCUT2D eigenvalue weighted by atomic mass is 9.83. The van der Waals surface area contributed by atoms with E-state index in [0.717, 1.165) is 43.9 Å². The number of carbonyl (C=O) groups excluding carboxylic acids is 1. The fourth-order valence-corrected chi connectivity index (χ4v) is 3.39. The topological polar surface area (TPSA) is 45.2 Å². The average Bonchev–Trinajstić information content (AvgIpc) is 3.08. The molecule has 2 aromatic rings. The van der Waals surface area contributed by atoms with E-state index < -0.39 is 5.41 Å². The summed E-state index contributed by atoms with van der Waals surface area (Å²) in [5.41, 5.74) is 1.65. The Morgan fingerprint density at radius 2 is 1.96 bits per heavy atom. The number of hydrogen-bond donors (Lipinski definition) is 1. The molecule has 1 N–H and O–H groups in total. The van der Waals surface area contributed by atoms with Crippen LogP contribution in [0.1, 0.15) is 31.5 Å². The molecule has 1 fully saturated rings. The summed E-state index contributed by atoms with van der Waals surface area (Å²) in [4.78, 5) is 19.5. The van der Waals surface area contributed by atoms with Crippen LogP contribution in [0.15, 0.2) is 54.7 Å². The van der Waals surface area contributed by atoms with Crippen LogP contribution in [0.5, 0.6) is 0 Å². The highest BCUT2D eigenvalue weighted by atomic mass is 16.2. The molecular formula is C21H27N3O. The number of amides is 1. The third kappa shape index (κ3) is 4.45. The highest BCUT2D eigenvalue weighted by molar-refractivity contribution is 5.87. The van der Waals surface area contributed by atoms with Gasteiger partial charge in [-0.2, -0.15) is 0 Å².